The van der Waals surface area contributed by atoms with E-state index in [0.717, 1.165) is 5.56 Å². The average molecular weight is 208 g/mol. The standard InChI is InChI=1S/C11H10ClNO/c1-8(14)10-7-9(3-2-6-13)4-5-11(10)12/h4-5,7H,6,13H2,1H3. The molecule has 0 radical (unpaired) electrons. The second-order valence-corrected chi connectivity index (χ2v) is 3.16. The fraction of sp³-hybridized carbons (Fsp3) is 0.182. The summed E-state index contributed by atoms with van der Waals surface area (Å²) in [6.45, 7) is 1.78. The number of hydrogen-bond acceptors (Lipinski definition) is 2. The number of nitrogens with two attached hydrogens (primary N) is 1. The highest BCUT2D eigenvalue weighted by atomic mass is 35.5. The Hall–Kier alpha value is -1.30. The van der Waals surface area contributed by atoms with E-state index in [2.05, 4.69) is 11.8 Å². The van der Waals surface area contributed by atoms with Crippen LogP contribution in [-0.2, 0) is 0 Å². The summed E-state index contributed by atoms with van der Waals surface area (Å²) in [5, 5.41) is 0.454. The average Bonchev–Trinajstić information content (AvgIpc) is 2.16. The number of ketones is 1. The molecule has 0 atom stereocenters. The maximum absolute atomic E-state index is 11.1. The first kappa shape index (κ1) is 10.8. The highest BCUT2D eigenvalue weighted by Gasteiger charge is 2.05. The van der Waals surface area contributed by atoms with Crippen LogP contribution in [0.5, 0.6) is 0 Å². The van der Waals surface area contributed by atoms with E-state index in [9.17, 15) is 4.79 Å². The minimum Gasteiger partial charge on any atom is -0.320 e. The number of hydrogen-bond donors (Lipinski definition) is 1. The lowest BCUT2D eigenvalue weighted by atomic mass is 10.1. The zero-order chi connectivity index (χ0) is 10.6. The molecule has 0 amide bonds. The van der Waals surface area contributed by atoms with Crippen LogP contribution in [0.2, 0.25) is 5.02 Å². The molecule has 2 N–H and O–H groups in total. The van der Waals surface area contributed by atoms with Gasteiger partial charge in [0.05, 0.1) is 11.6 Å². The number of Topliss-reactive ketones (excluding diaryl/α,β-unsaturated/α-hetero) is 1. The molecule has 3 heteroatoms. The van der Waals surface area contributed by atoms with Crippen LogP contribution in [0, 0.1) is 11.8 Å². The van der Waals surface area contributed by atoms with Crippen molar-refractivity contribution in [2.45, 2.75) is 6.92 Å². The molecule has 0 fully saturated rings. The quantitative estimate of drug-likeness (QED) is 0.564. The molecule has 14 heavy (non-hydrogen) atoms. The van der Waals surface area contributed by atoms with Crippen molar-refractivity contribution in [1.82, 2.24) is 0 Å². The van der Waals surface area contributed by atoms with E-state index >= 15 is 0 Å². The van der Waals surface area contributed by atoms with E-state index in [4.69, 9.17) is 17.3 Å². The fourth-order valence-corrected chi connectivity index (χ4v) is 1.28. The van der Waals surface area contributed by atoms with Crippen molar-refractivity contribution in [2.75, 3.05) is 6.54 Å². The van der Waals surface area contributed by atoms with Crippen molar-refractivity contribution in [3.63, 3.8) is 0 Å². The molecule has 0 spiro atoms. The minimum atomic E-state index is -0.0635. The third-order valence-electron chi connectivity index (χ3n) is 1.68. The minimum absolute atomic E-state index is 0.0635. The maximum Gasteiger partial charge on any atom is 0.161 e. The van der Waals surface area contributed by atoms with E-state index in [1.54, 1.807) is 18.2 Å². The molecule has 0 aromatic heterocycles. The van der Waals surface area contributed by atoms with Gasteiger partial charge in [-0.05, 0) is 25.1 Å². The van der Waals surface area contributed by atoms with Gasteiger partial charge in [0.1, 0.15) is 0 Å². The van der Waals surface area contributed by atoms with Crippen molar-refractivity contribution in [3.05, 3.63) is 34.3 Å². The summed E-state index contributed by atoms with van der Waals surface area (Å²) in [5.74, 6) is 5.49. The molecule has 0 unspecified atom stereocenters. The van der Waals surface area contributed by atoms with E-state index in [-0.39, 0.29) is 5.78 Å². The third-order valence-corrected chi connectivity index (χ3v) is 2.01. The van der Waals surface area contributed by atoms with Crippen LogP contribution in [0.3, 0.4) is 0 Å². The Morgan fingerprint density at radius 2 is 2.29 bits per heavy atom. The molecule has 0 saturated carbocycles. The van der Waals surface area contributed by atoms with Gasteiger partial charge in [0.25, 0.3) is 0 Å². The second-order valence-electron chi connectivity index (χ2n) is 2.76. The Balaban J connectivity index is 3.13. The molecule has 0 heterocycles. The van der Waals surface area contributed by atoms with Crippen molar-refractivity contribution in [3.8, 4) is 11.8 Å². The predicted molar refractivity (Wildman–Crippen MR) is 57.4 cm³/mol. The molecule has 0 aliphatic heterocycles. The second kappa shape index (κ2) is 4.80. The lowest BCUT2D eigenvalue weighted by molar-refractivity contribution is 0.101. The monoisotopic (exact) mass is 207 g/mol. The maximum atomic E-state index is 11.1. The van der Waals surface area contributed by atoms with Gasteiger partial charge in [-0.15, -0.1) is 0 Å². The normalized spacial score (nSPS) is 9.07. The van der Waals surface area contributed by atoms with Gasteiger partial charge < -0.3 is 5.73 Å². The van der Waals surface area contributed by atoms with Gasteiger partial charge in [0, 0.05) is 11.1 Å². The molecule has 0 aliphatic carbocycles. The van der Waals surface area contributed by atoms with Crippen LogP contribution >= 0.6 is 11.6 Å². The van der Waals surface area contributed by atoms with Gasteiger partial charge in [-0.25, -0.2) is 0 Å². The summed E-state index contributed by atoms with van der Waals surface area (Å²) in [4.78, 5) is 11.1. The molecular formula is C11H10ClNO. The predicted octanol–water partition coefficient (Wildman–Crippen LogP) is 1.85. The van der Waals surface area contributed by atoms with Gasteiger partial charge in [0.2, 0.25) is 0 Å². The van der Waals surface area contributed by atoms with Crippen molar-refractivity contribution < 1.29 is 4.79 Å². The zero-order valence-electron chi connectivity index (χ0n) is 7.80. The van der Waals surface area contributed by atoms with E-state index in [1.807, 2.05) is 0 Å². The first-order chi connectivity index (χ1) is 6.65. The van der Waals surface area contributed by atoms with Crippen molar-refractivity contribution in [2.24, 2.45) is 5.73 Å². The summed E-state index contributed by atoms with van der Waals surface area (Å²) >= 11 is 5.83. The fourth-order valence-electron chi connectivity index (χ4n) is 1.03. The SMILES string of the molecule is CC(=O)c1cc(C#CCN)ccc1Cl. The molecule has 0 bridgehead atoms. The van der Waals surface area contributed by atoms with Crippen LogP contribution in [0.1, 0.15) is 22.8 Å². The molecule has 2 nitrogen and oxygen atoms in total. The van der Waals surface area contributed by atoms with E-state index < -0.39 is 0 Å². The number of halogens is 1. The topological polar surface area (TPSA) is 43.1 Å². The molecule has 1 aromatic carbocycles. The lowest BCUT2D eigenvalue weighted by Crippen LogP contribution is -1.95. The van der Waals surface area contributed by atoms with Crippen LogP contribution in [0.4, 0.5) is 0 Å². The summed E-state index contributed by atoms with van der Waals surface area (Å²) in [5.41, 5.74) is 6.49. The van der Waals surface area contributed by atoms with Gasteiger partial charge in [-0.3, -0.25) is 4.79 Å². The third kappa shape index (κ3) is 2.59. The highest BCUT2D eigenvalue weighted by molar-refractivity contribution is 6.33. The Morgan fingerprint density at radius 1 is 1.57 bits per heavy atom. The number of carbonyl (C=O) groups is 1. The molecular weight excluding hydrogens is 198 g/mol. The van der Waals surface area contributed by atoms with E-state index in [1.165, 1.54) is 6.92 Å². The Labute approximate surface area is 88.1 Å². The number of benzene rings is 1. The number of carbonyl (C=O) groups excluding carboxylic acids is 1. The first-order valence-electron chi connectivity index (χ1n) is 4.14. The Kier molecular flexibility index (Phi) is 3.70. The van der Waals surface area contributed by atoms with Crippen LogP contribution < -0.4 is 5.73 Å². The molecule has 72 valence electrons. The number of rotatable bonds is 1. The largest absolute Gasteiger partial charge is 0.320 e. The van der Waals surface area contributed by atoms with Crippen molar-refractivity contribution in [1.29, 1.82) is 0 Å². The van der Waals surface area contributed by atoms with Crippen LogP contribution in [0.15, 0.2) is 18.2 Å². The summed E-state index contributed by atoms with van der Waals surface area (Å²) in [6, 6.07) is 5.10. The molecule has 1 aromatic rings. The molecule has 0 aliphatic rings. The Morgan fingerprint density at radius 3 is 2.86 bits per heavy atom. The lowest BCUT2D eigenvalue weighted by Gasteiger charge is -1.99. The van der Waals surface area contributed by atoms with Crippen molar-refractivity contribution >= 4 is 17.4 Å². The van der Waals surface area contributed by atoms with E-state index in [0.29, 0.717) is 17.1 Å². The van der Waals surface area contributed by atoms with Gasteiger partial charge in [0.15, 0.2) is 5.78 Å². The summed E-state index contributed by atoms with van der Waals surface area (Å²) in [7, 11) is 0. The molecule has 0 saturated heterocycles. The zero-order valence-corrected chi connectivity index (χ0v) is 8.56. The Bertz CT molecular complexity index is 415. The first-order valence-corrected chi connectivity index (χ1v) is 4.52. The smallest absolute Gasteiger partial charge is 0.161 e. The van der Waals surface area contributed by atoms with Gasteiger partial charge >= 0.3 is 0 Å². The van der Waals surface area contributed by atoms with Gasteiger partial charge in [-0.1, -0.05) is 23.4 Å². The van der Waals surface area contributed by atoms with Crippen LogP contribution in [0.25, 0.3) is 0 Å². The summed E-state index contributed by atoms with van der Waals surface area (Å²) in [6.07, 6.45) is 0. The highest BCUT2D eigenvalue weighted by Crippen LogP contribution is 2.17. The van der Waals surface area contributed by atoms with Gasteiger partial charge in [-0.2, -0.15) is 0 Å². The molecule has 1 rings (SSSR count). The summed E-state index contributed by atoms with van der Waals surface area (Å²) < 4.78 is 0. The van der Waals surface area contributed by atoms with Crippen LogP contribution in [-0.4, -0.2) is 12.3 Å².